The summed E-state index contributed by atoms with van der Waals surface area (Å²) in [5, 5.41) is 0.618. The third-order valence-electron chi connectivity index (χ3n) is 7.97. The van der Waals surface area contributed by atoms with Crippen molar-refractivity contribution >= 4 is 23.2 Å². The highest BCUT2D eigenvalue weighted by Gasteiger charge is 2.55. The maximum absolute atomic E-state index is 11.5. The van der Waals surface area contributed by atoms with E-state index in [1.807, 2.05) is 17.0 Å². The Kier molecular flexibility index (Phi) is 8.28. The molecule has 5 nitrogen and oxygen atoms in total. The monoisotopic (exact) mass is 497 g/mol. The molecule has 6 heteroatoms. The second-order valence-electron chi connectivity index (χ2n) is 10.6. The average molecular weight is 498 g/mol. The van der Waals surface area contributed by atoms with Gasteiger partial charge in [0.05, 0.1) is 16.8 Å². The molecule has 3 aliphatic rings. The molecule has 5 rings (SSSR count). The van der Waals surface area contributed by atoms with Crippen LogP contribution in [0.3, 0.4) is 0 Å². The number of rotatable bonds is 4. The molecule has 3 fully saturated rings. The fourth-order valence-corrected chi connectivity index (χ4v) is 5.91. The third-order valence-corrected chi connectivity index (χ3v) is 8.31. The predicted octanol–water partition coefficient (Wildman–Crippen LogP) is 5.98. The molecule has 2 aliphatic heterocycles. The molecule has 1 unspecified atom stereocenters. The Morgan fingerprint density at radius 1 is 1.03 bits per heavy atom. The van der Waals surface area contributed by atoms with E-state index in [1.54, 1.807) is 19.1 Å². The van der Waals surface area contributed by atoms with Crippen molar-refractivity contribution in [3.63, 3.8) is 0 Å². The highest BCUT2D eigenvalue weighted by Crippen LogP contribution is 2.65. The Labute approximate surface area is 215 Å². The first-order chi connectivity index (χ1) is 16.8. The number of halogens is 1. The van der Waals surface area contributed by atoms with Crippen LogP contribution in [0.4, 0.5) is 5.69 Å². The van der Waals surface area contributed by atoms with Crippen molar-refractivity contribution in [1.82, 2.24) is 9.80 Å². The highest BCUT2D eigenvalue weighted by atomic mass is 35.5. The molecule has 0 radical (unpaired) electrons. The number of hydrogen-bond acceptors (Lipinski definition) is 4. The van der Waals surface area contributed by atoms with Crippen molar-refractivity contribution in [1.29, 1.82) is 0 Å². The standard InChI is InChI=1S/C23H34N2O2.C6H6ClN/c1-17(2)27-21-6-4-19(5-7-21)22-16-23(22)10-14-25(15-11-23)20-8-12-24(13-9-20)18(3)26;7-5-3-1-2-4-6(5)8/h4-7,17,20,22H,8-16H2,1-3H3;1-4H,8H2. The number of ether oxygens (including phenoxy) is 1. The minimum Gasteiger partial charge on any atom is -0.491 e. The fourth-order valence-electron chi connectivity index (χ4n) is 5.78. The van der Waals surface area contributed by atoms with Gasteiger partial charge in [-0.15, -0.1) is 0 Å². The Hall–Kier alpha value is -2.24. The number of nitrogens with two attached hydrogens (primary N) is 1. The largest absolute Gasteiger partial charge is 0.491 e. The number of carbonyl (C=O) groups is 1. The van der Waals surface area contributed by atoms with Crippen LogP contribution in [0.2, 0.25) is 5.02 Å². The van der Waals surface area contributed by atoms with Gasteiger partial charge in [0.1, 0.15) is 5.75 Å². The first-order valence-corrected chi connectivity index (χ1v) is 13.4. The Bertz CT molecular complexity index is 957. The summed E-state index contributed by atoms with van der Waals surface area (Å²) in [6.07, 6.45) is 6.54. The maximum atomic E-state index is 11.5. The number of hydrogen-bond donors (Lipinski definition) is 1. The molecule has 190 valence electrons. The molecule has 1 saturated carbocycles. The minimum atomic E-state index is 0.231. The lowest BCUT2D eigenvalue weighted by molar-refractivity contribution is -0.130. The summed E-state index contributed by atoms with van der Waals surface area (Å²) < 4.78 is 5.78. The zero-order valence-corrected chi connectivity index (χ0v) is 22.1. The first-order valence-electron chi connectivity index (χ1n) is 13.0. The van der Waals surface area contributed by atoms with Gasteiger partial charge in [0.15, 0.2) is 0 Å². The average Bonchev–Trinajstić information content (AvgIpc) is 3.55. The van der Waals surface area contributed by atoms with Gasteiger partial charge >= 0.3 is 0 Å². The van der Waals surface area contributed by atoms with E-state index in [4.69, 9.17) is 22.1 Å². The zero-order chi connectivity index (χ0) is 25.0. The van der Waals surface area contributed by atoms with E-state index >= 15 is 0 Å². The molecular weight excluding hydrogens is 458 g/mol. The topological polar surface area (TPSA) is 58.8 Å². The van der Waals surface area contributed by atoms with Gasteiger partial charge in [-0.25, -0.2) is 0 Å². The van der Waals surface area contributed by atoms with E-state index < -0.39 is 0 Å². The van der Waals surface area contributed by atoms with Crippen LogP contribution < -0.4 is 10.5 Å². The van der Waals surface area contributed by atoms with Crippen molar-refractivity contribution in [3.05, 3.63) is 59.1 Å². The molecule has 2 N–H and O–H groups in total. The quantitative estimate of drug-likeness (QED) is 0.528. The predicted molar refractivity (Wildman–Crippen MR) is 144 cm³/mol. The van der Waals surface area contributed by atoms with Gasteiger partial charge in [0.25, 0.3) is 0 Å². The summed E-state index contributed by atoms with van der Waals surface area (Å²) in [7, 11) is 0. The molecule has 1 amide bonds. The number of nitrogen functional groups attached to an aromatic ring is 1. The highest BCUT2D eigenvalue weighted by molar-refractivity contribution is 6.33. The Morgan fingerprint density at radius 3 is 2.17 bits per heavy atom. The van der Waals surface area contributed by atoms with Crippen LogP contribution in [0.25, 0.3) is 0 Å². The van der Waals surface area contributed by atoms with Crippen molar-refractivity contribution in [2.45, 2.75) is 70.9 Å². The molecule has 2 saturated heterocycles. The van der Waals surface area contributed by atoms with Crippen molar-refractivity contribution in [2.75, 3.05) is 31.9 Å². The van der Waals surface area contributed by atoms with Gasteiger partial charge in [0, 0.05) is 26.1 Å². The Morgan fingerprint density at radius 2 is 1.66 bits per heavy atom. The molecule has 1 atom stereocenters. The van der Waals surface area contributed by atoms with Crippen molar-refractivity contribution < 1.29 is 9.53 Å². The SMILES string of the molecule is CC(=O)N1CCC(N2CCC3(CC2)CC3c2ccc(OC(C)C)cc2)CC1.Nc1ccccc1Cl. The summed E-state index contributed by atoms with van der Waals surface area (Å²) in [6, 6.07) is 16.7. The number of carbonyl (C=O) groups excluding carboxylic acids is 1. The molecule has 0 aromatic heterocycles. The van der Waals surface area contributed by atoms with E-state index in [1.165, 1.54) is 37.9 Å². The second kappa shape index (κ2) is 11.2. The van der Waals surface area contributed by atoms with Crippen molar-refractivity contribution in [2.24, 2.45) is 5.41 Å². The summed E-state index contributed by atoms with van der Waals surface area (Å²) in [6.45, 7) is 10.2. The summed E-state index contributed by atoms with van der Waals surface area (Å²) >= 11 is 5.58. The van der Waals surface area contributed by atoms with Crippen LogP contribution in [-0.2, 0) is 4.79 Å². The van der Waals surface area contributed by atoms with E-state index in [9.17, 15) is 4.79 Å². The van der Waals surface area contributed by atoms with Gasteiger partial charge in [-0.3, -0.25) is 4.79 Å². The normalized spacial score (nSPS) is 22.0. The second-order valence-corrected chi connectivity index (χ2v) is 11.1. The van der Waals surface area contributed by atoms with Crippen LogP contribution in [-0.4, -0.2) is 54.0 Å². The van der Waals surface area contributed by atoms with Crippen molar-refractivity contribution in [3.8, 4) is 5.75 Å². The van der Waals surface area contributed by atoms with Crippen LogP contribution >= 0.6 is 11.6 Å². The Balaban J connectivity index is 0.000000308. The number of benzene rings is 2. The third kappa shape index (κ3) is 6.50. The van der Waals surface area contributed by atoms with Gasteiger partial charge in [-0.1, -0.05) is 35.9 Å². The lowest BCUT2D eigenvalue weighted by Crippen LogP contribution is -2.49. The number of piperidine rings is 2. The minimum absolute atomic E-state index is 0.231. The van der Waals surface area contributed by atoms with E-state index in [-0.39, 0.29) is 12.0 Å². The number of para-hydroxylation sites is 1. The molecule has 35 heavy (non-hydrogen) atoms. The van der Waals surface area contributed by atoms with Gasteiger partial charge in [-0.2, -0.15) is 0 Å². The van der Waals surface area contributed by atoms with Crippen LogP contribution in [0, 0.1) is 5.41 Å². The smallest absolute Gasteiger partial charge is 0.219 e. The lowest BCUT2D eigenvalue weighted by atomic mass is 9.87. The molecular formula is C29H40ClN3O2. The summed E-state index contributed by atoms with van der Waals surface area (Å²) in [4.78, 5) is 16.2. The van der Waals surface area contributed by atoms with E-state index in [2.05, 4.69) is 43.0 Å². The fraction of sp³-hybridized carbons (Fsp3) is 0.552. The molecule has 1 spiro atoms. The molecule has 2 aromatic carbocycles. The van der Waals surface area contributed by atoms with Crippen LogP contribution in [0.1, 0.15) is 64.4 Å². The van der Waals surface area contributed by atoms with Gasteiger partial charge in [-0.05, 0) is 100 Å². The molecule has 0 bridgehead atoms. The van der Waals surface area contributed by atoms with E-state index in [0.717, 1.165) is 37.6 Å². The van der Waals surface area contributed by atoms with E-state index in [0.29, 0.717) is 22.2 Å². The molecule has 2 heterocycles. The van der Waals surface area contributed by atoms with Crippen LogP contribution in [0.5, 0.6) is 5.75 Å². The number of amides is 1. The first kappa shape index (κ1) is 25.8. The molecule has 1 aliphatic carbocycles. The summed E-state index contributed by atoms with van der Waals surface area (Å²) in [5.74, 6) is 1.96. The maximum Gasteiger partial charge on any atom is 0.219 e. The zero-order valence-electron chi connectivity index (χ0n) is 21.4. The van der Waals surface area contributed by atoms with Gasteiger partial charge < -0.3 is 20.3 Å². The number of nitrogens with zero attached hydrogens (tertiary/aromatic N) is 2. The van der Waals surface area contributed by atoms with Gasteiger partial charge in [0.2, 0.25) is 5.91 Å². The number of anilines is 1. The summed E-state index contributed by atoms with van der Waals surface area (Å²) in [5.41, 5.74) is 8.07. The molecule has 2 aromatic rings. The lowest BCUT2D eigenvalue weighted by Gasteiger charge is -2.42. The number of likely N-dealkylation sites (tertiary alicyclic amines) is 2. The van der Waals surface area contributed by atoms with Crippen LogP contribution in [0.15, 0.2) is 48.5 Å².